The Balaban J connectivity index is 2.11. The van der Waals surface area contributed by atoms with E-state index in [2.05, 4.69) is 19.2 Å². The largest absolute Gasteiger partial charge is 0.497 e. The highest BCUT2D eigenvalue weighted by Crippen LogP contribution is 2.45. The van der Waals surface area contributed by atoms with E-state index in [0.29, 0.717) is 12.1 Å². The molecule has 2 rings (SSSR count). The molecule has 1 saturated carbocycles. The quantitative estimate of drug-likeness (QED) is 0.867. The highest BCUT2D eigenvalue weighted by molar-refractivity contribution is 5.60. The molecule has 1 fully saturated rings. The number of hydrogen-bond donors (Lipinski definition) is 1. The van der Waals surface area contributed by atoms with Crippen molar-refractivity contribution in [1.29, 1.82) is 0 Å². The number of hydrogen-bond acceptors (Lipinski definition) is 4. The third-order valence-electron chi connectivity index (χ3n) is 4.28. The van der Waals surface area contributed by atoms with Crippen molar-refractivity contribution in [2.24, 2.45) is 5.41 Å². The summed E-state index contributed by atoms with van der Waals surface area (Å²) in [5, 5.41) is 3.57. The number of nitrogens with one attached hydrogen (secondary N) is 1. The lowest BCUT2D eigenvalue weighted by Gasteiger charge is -2.52. The maximum atomic E-state index is 5.77. The van der Waals surface area contributed by atoms with Gasteiger partial charge in [-0.2, -0.15) is 0 Å². The van der Waals surface area contributed by atoms with Crippen molar-refractivity contribution in [2.45, 2.75) is 39.3 Å². The van der Waals surface area contributed by atoms with Crippen molar-refractivity contribution in [3.63, 3.8) is 0 Å². The minimum Gasteiger partial charge on any atom is -0.497 e. The Bertz CT molecular complexity index is 459. The fourth-order valence-corrected chi connectivity index (χ4v) is 2.73. The van der Waals surface area contributed by atoms with E-state index in [4.69, 9.17) is 14.2 Å². The van der Waals surface area contributed by atoms with E-state index in [1.165, 1.54) is 0 Å². The summed E-state index contributed by atoms with van der Waals surface area (Å²) in [6, 6.07) is 6.18. The molecule has 0 radical (unpaired) electrons. The Kier molecular flexibility index (Phi) is 4.43. The molecule has 1 aromatic rings. The normalized spacial score (nSPS) is 23.9. The average Bonchev–Trinajstić information content (AvgIpc) is 2.46. The van der Waals surface area contributed by atoms with Crippen LogP contribution in [0.3, 0.4) is 0 Å². The molecular weight excluding hydrogens is 254 g/mol. The molecule has 4 heteroatoms. The molecule has 1 aromatic carbocycles. The molecule has 4 nitrogen and oxygen atoms in total. The zero-order chi connectivity index (χ0) is 14.8. The summed E-state index contributed by atoms with van der Waals surface area (Å²) < 4.78 is 16.5. The van der Waals surface area contributed by atoms with Crippen molar-refractivity contribution in [2.75, 3.05) is 26.1 Å². The highest BCUT2D eigenvalue weighted by atomic mass is 16.5. The fourth-order valence-electron chi connectivity index (χ4n) is 2.73. The highest BCUT2D eigenvalue weighted by Gasteiger charge is 2.49. The first-order valence-electron chi connectivity index (χ1n) is 7.13. The van der Waals surface area contributed by atoms with Gasteiger partial charge in [0.1, 0.15) is 11.5 Å². The van der Waals surface area contributed by atoms with Gasteiger partial charge in [0.15, 0.2) is 0 Å². The van der Waals surface area contributed by atoms with Crippen LogP contribution in [0.4, 0.5) is 5.69 Å². The molecule has 0 saturated heterocycles. The molecule has 0 spiro atoms. The van der Waals surface area contributed by atoms with Crippen molar-refractivity contribution in [3.8, 4) is 11.5 Å². The zero-order valence-electron chi connectivity index (χ0n) is 13.0. The Labute approximate surface area is 121 Å². The van der Waals surface area contributed by atoms with Crippen LogP contribution in [0, 0.1) is 5.41 Å². The van der Waals surface area contributed by atoms with Crippen LogP contribution in [-0.2, 0) is 4.74 Å². The molecule has 1 aliphatic rings. The van der Waals surface area contributed by atoms with Gasteiger partial charge in [0, 0.05) is 24.1 Å². The second-order valence-corrected chi connectivity index (χ2v) is 5.76. The van der Waals surface area contributed by atoms with Gasteiger partial charge in [-0.3, -0.25) is 0 Å². The van der Waals surface area contributed by atoms with Crippen LogP contribution in [0.25, 0.3) is 0 Å². The molecule has 0 heterocycles. The minimum atomic E-state index is 0.115. The number of rotatable bonds is 6. The van der Waals surface area contributed by atoms with Crippen LogP contribution in [0.2, 0.25) is 0 Å². The van der Waals surface area contributed by atoms with Crippen LogP contribution in [0.15, 0.2) is 18.2 Å². The molecule has 1 aliphatic carbocycles. The first kappa shape index (κ1) is 15.0. The maximum absolute atomic E-state index is 5.77. The van der Waals surface area contributed by atoms with Crippen LogP contribution in [0.5, 0.6) is 11.5 Å². The Morgan fingerprint density at radius 1 is 1.25 bits per heavy atom. The zero-order valence-corrected chi connectivity index (χ0v) is 13.0. The summed E-state index contributed by atoms with van der Waals surface area (Å²) in [7, 11) is 3.35. The van der Waals surface area contributed by atoms with Crippen LogP contribution in [-0.4, -0.2) is 33.0 Å². The number of methoxy groups -OCH3 is 2. The molecule has 0 bridgehead atoms. The summed E-state index contributed by atoms with van der Waals surface area (Å²) in [6.45, 7) is 7.29. The van der Waals surface area contributed by atoms with Gasteiger partial charge in [-0.25, -0.2) is 0 Å². The van der Waals surface area contributed by atoms with Crippen molar-refractivity contribution < 1.29 is 14.2 Å². The molecule has 2 unspecified atom stereocenters. The van der Waals surface area contributed by atoms with Gasteiger partial charge in [-0.15, -0.1) is 0 Å². The van der Waals surface area contributed by atoms with E-state index in [1.54, 1.807) is 14.2 Å². The second kappa shape index (κ2) is 5.92. The molecule has 0 aromatic heterocycles. The smallest absolute Gasteiger partial charge is 0.142 e. The third-order valence-corrected chi connectivity index (χ3v) is 4.28. The monoisotopic (exact) mass is 279 g/mol. The number of benzene rings is 1. The third kappa shape index (κ3) is 2.70. The van der Waals surface area contributed by atoms with Crippen LogP contribution < -0.4 is 14.8 Å². The van der Waals surface area contributed by atoms with E-state index in [0.717, 1.165) is 30.2 Å². The molecule has 0 aliphatic heterocycles. The summed E-state index contributed by atoms with van der Waals surface area (Å²) in [6.07, 6.45) is 1.34. The van der Waals surface area contributed by atoms with E-state index >= 15 is 0 Å². The lowest BCUT2D eigenvalue weighted by atomic mass is 9.64. The van der Waals surface area contributed by atoms with Gasteiger partial charge in [0.05, 0.1) is 26.0 Å². The Hall–Kier alpha value is -1.42. The van der Waals surface area contributed by atoms with Gasteiger partial charge in [0.2, 0.25) is 0 Å². The second-order valence-electron chi connectivity index (χ2n) is 5.76. The van der Waals surface area contributed by atoms with E-state index in [-0.39, 0.29) is 5.41 Å². The lowest BCUT2D eigenvalue weighted by molar-refractivity contribution is -0.0976. The lowest BCUT2D eigenvalue weighted by Crippen LogP contribution is -2.58. The van der Waals surface area contributed by atoms with Gasteiger partial charge in [0.25, 0.3) is 0 Å². The topological polar surface area (TPSA) is 39.7 Å². The first-order chi connectivity index (χ1) is 9.52. The molecule has 0 amide bonds. The molecule has 2 atom stereocenters. The predicted octanol–water partition coefficient (Wildman–Crippen LogP) is 3.32. The van der Waals surface area contributed by atoms with Crippen LogP contribution >= 0.6 is 0 Å². The van der Waals surface area contributed by atoms with E-state index in [1.807, 2.05) is 25.1 Å². The summed E-state index contributed by atoms with van der Waals surface area (Å²) in [5.41, 5.74) is 1.09. The van der Waals surface area contributed by atoms with Gasteiger partial charge < -0.3 is 19.5 Å². The summed E-state index contributed by atoms with van der Waals surface area (Å²) in [5.74, 6) is 1.66. The Morgan fingerprint density at radius 3 is 2.55 bits per heavy atom. The average molecular weight is 279 g/mol. The molecule has 20 heavy (non-hydrogen) atoms. The Morgan fingerprint density at radius 2 is 2.00 bits per heavy atom. The molecule has 112 valence electrons. The summed E-state index contributed by atoms with van der Waals surface area (Å²) >= 11 is 0. The molecule has 1 N–H and O–H groups in total. The first-order valence-corrected chi connectivity index (χ1v) is 7.13. The number of ether oxygens (including phenoxy) is 3. The van der Waals surface area contributed by atoms with Gasteiger partial charge in [-0.05, 0) is 25.5 Å². The van der Waals surface area contributed by atoms with Gasteiger partial charge >= 0.3 is 0 Å². The van der Waals surface area contributed by atoms with Crippen molar-refractivity contribution in [3.05, 3.63) is 18.2 Å². The molecular formula is C16H25NO3. The predicted molar refractivity (Wildman–Crippen MR) is 80.8 cm³/mol. The van der Waals surface area contributed by atoms with Crippen molar-refractivity contribution >= 4 is 5.69 Å². The van der Waals surface area contributed by atoms with E-state index < -0.39 is 0 Å². The van der Waals surface area contributed by atoms with E-state index in [9.17, 15) is 0 Å². The minimum absolute atomic E-state index is 0.115. The standard InChI is InChI=1S/C16H25NO3/c1-6-20-15-10-14(16(15,2)3)17-12-9-11(18-4)7-8-13(12)19-5/h7-9,14-15,17H,6,10H2,1-5H3. The summed E-state index contributed by atoms with van der Waals surface area (Å²) in [4.78, 5) is 0. The number of anilines is 1. The fraction of sp³-hybridized carbons (Fsp3) is 0.625. The maximum Gasteiger partial charge on any atom is 0.142 e. The van der Waals surface area contributed by atoms with Crippen molar-refractivity contribution in [1.82, 2.24) is 0 Å². The van der Waals surface area contributed by atoms with Crippen LogP contribution in [0.1, 0.15) is 27.2 Å². The van der Waals surface area contributed by atoms with Gasteiger partial charge in [-0.1, -0.05) is 13.8 Å². The SMILES string of the molecule is CCOC1CC(Nc2cc(OC)ccc2OC)C1(C)C.